The maximum atomic E-state index is 10.1. The highest BCUT2D eigenvalue weighted by atomic mass is 19.5. The third kappa shape index (κ3) is 7.25. The van der Waals surface area contributed by atoms with E-state index in [2.05, 4.69) is 4.98 Å². The first-order chi connectivity index (χ1) is 7.24. The van der Waals surface area contributed by atoms with Crippen LogP contribution in [0.2, 0.25) is 0 Å². The fourth-order valence-electron chi connectivity index (χ4n) is 0.641. The minimum absolute atomic E-state index is 0.0163. The Kier molecular flexibility index (Phi) is 4.88. The van der Waals surface area contributed by atoms with Gasteiger partial charge in [0.25, 0.3) is 5.69 Å². The molecule has 0 aliphatic carbocycles. The molecule has 1 rings (SSSR count). The summed E-state index contributed by atoms with van der Waals surface area (Å²) in [4.78, 5) is 12.4. The van der Waals surface area contributed by atoms with Crippen molar-refractivity contribution in [2.45, 2.75) is 0 Å². The molecular weight excluding hydrogens is 233 g/mol. The molecule has 0 spiro atoms. The zero-order valence-electron chi connectivity index (χ0n) is 7.56. The van der Waals surface area contributed by atoms with Crippen LogP contribution in [0.4, 0.5) is 28.6 Å². The summed E-state index contributed by atoms with van der Waals surface area (Å²) in [6.45, 7) is 0. The lowest BCUT2D eigenvalue weighted by molar-refractivity contribution is -0.384. The second kappa shape index (κ2) is 5.64. The number of hydrogen-bond donors (Lipinski definition) is 0. The van der Waals surface area contributed by atoms with E-state index in [1.807, 2.05) is 0 Å². The molecule has 0 heterocycles. The van der Waals surface area contributed by atoms with Gasteiger partial charge in [0.1, 0.15) is 0 Å². The molecule has 0 aromatic heterocycles. The van der Waals surface area contributed by atoms with Crippen molar-refractivity contribution in [2.75, 3.05) is 0 Å². The first-order valence-electron chi connectivity index (χ1n) is 3.71. The number of rotatable bonds is 1. The van der Waals surface area contributed by atoms with Crippen LogP contribution in [0.15, 0.2) is 24.3 Å². The van der Waals surface area contributed by atoms with Crippen molar-refractivity contribution < 1.29 is 22.2 Å². The minimum atomic E-state index is -6.00. The molecule has 0 aliphatic rings. The summed E-state index contributed by atoms with van der Waals surface area (Å²) in [5.41, 5.74) is 0.285. The smallest absolute Gasteiger partial charge is 0.418 e. The lowest BCUT2D eigenvalue weighted by atomic mass is 10.3. The van der Waals surface area contributed by atoms with Crippen LogP contribution in [0.5, 0.6) is 0 Å². The molecule has 1 aromatic rings. The molecule has 0 atom stereocenters. The molecular formula is C6H4BF4N3O2. The van der Waals surface area contributed by atoms with E-state index in [0.29, 0.717) is 5.69 Å². The number of halogens is 4. The Labute approximate surface area is 86.6 Å². The lowest BCUT2D eigenvalue weighted by Crippen LogP contribution is -2.02. The number of non-ortho nitro benzene ring substituents is 1. The molecule has 16 heavy (non-hydrogen) atoms. The second-order valence-electron chi connectivity index (χ2n) is 2.37. The van der Waals surface area contributed by atoms with Crippen LogP contribution in [0.1, 0.15) is 0 Å². The Morgan fingerprint density at radius 2 is 1.56 bits per heavy atom. The predicted octanol–water partition coefficient (Wildman–Crippen LogP) is 3.38. The third-order valence-electron chi connectivity index (χ3n) is 1.18. The van der Waals surface area contributed by atoms with Crippen molar-refractivity contribution in [3.8, 4) is 0 Å². The number of nitro groups is 1. The highest BCUT2D eigenvalue weighted by Crippen LogP contribution is 2.16. The zero-order valence-corrected chi connectivity index (χ0v) is 7.56. The summed E-state index contributed by atoms with van der Waals surface area (Å²) in [6, 6.07) is 5.26. The van der Waals surface area contributed by atoms with Gasteiger partial charge in [-0.05, 0) is 0 Å². The largest absolute Gasteiger partial charge is 0.673 e. The quantitative estimate of drug-likeness (QED) is 0.247. The normalized spacial score (nSPS) is 9.69. The van der Waals surface area contributed by atoms with E-state index in [4.69, 9.17) is 5.39 Å². The van der Waals surface area contributed by atoms with Crippen LogP contribution in [-0.2, 0) is 0 Å². The average Bonchev–Trinajstić information content (AvgIpc) is 2.15. The molecule has 0 unspecified atom stereocenters. The van der Waals surface area contributed by atoms with Gasteiger partial charge in [-0.15, -0.1) is 0 Å². The van der Waals surface area contributed by atoms with Crippen LogP contribution >= 0.6 is 0 Å². The van der Waals surface area contributed by atoms with Gasteiger partial charge < -0.3 is 17.3 Å². The highest BCUT2D eigenvalue weighted by molar-refractivity contribution is 6.50. The molecule has 0 amide bonds. The van der Waals surface area contributed by atoms with Gasteiger partial charge in [0.15, 0.2) is 4.98 Å². The molecule has 86 valence electrons. The molecule has 0 aliphatic heterocycles. The van der Waals surface area contributed by atoms with Crippen molar-refractivity contribution in [3.05, 3.63) is 39.4 Å². The Balaban J connectivity index is 0.000000385. The fraction of sp³-hybridized carbons (Fsp3) is 0. The predicted molar refractivity (Wildman–Crippen MR) is 48.0 cm³/mol. The highest BCUT2D eigenvalue weighted by Gasteiger charge is 2.20. The molecule has 0 fully saturated rings. The number of diazo groups is 1. The Bertz CT molecular complexity index is 394. The Morgan fingerprint density at radius 3 is 1.81 bits per heavy atom. The summed E-state index contributed by atoms with van der Waals surface area (Å²) in [5, 5.41) is 18.3. The SMILES string of the molecule is F[B-](F)(F)F.N#[N+]c1ccc([N+](=O)[O-])cc1. The first kappa shape index (κ1) is 13.8. The molecule has 5 nitrogen and oxygen atoms in total. The van der Waals surface area contributed by atoms with Gasteiger partial charge in [0, 0.05) is 24.3 Å². The monoisotopic (exact) mass is 237 g/mol. The summed E-state index contributed by atoms with van der Waals surface area (Å²) < 4.78 is 39.0. The van der Waals surface area contributed by atoms with Crippen LogP contribution in [-0.4, -0.2) is 12.2 Å². The van der Waals surface area contributed by atoms with Crippen LogP contribution in [0.25, 0.3) is 4.98 Å². The average molecular weight is 237 g/mol. The molecule has 1 aromatic carbocycles. The third-order valence-corrected chi connectivity index (χ3v) is 1.18. The Morgan fingerprint density at radius 1 is 1.19 bits per heavy atom. The second-order valence-corrected chi connectivity index (χ2v) is 2.37. The fourth-order valence-corrected chi connectivity index (χ4v) is 0.641. The van der Waals surface area contributed by atoms with E-state index in [-0.39, 0.29) is 5.69 Å². The Hall–Kier alpha value is -2.18. The van der Waals surface area contributed by atoms with E-state index in [1.165, 1.54) is 24.3 Å². The summed E-state index contributed by atoms with van der Waals surface area (Å²) in [6.07, 6.45) is 0. The molecule has 0 N–H and O–H groups in total. The maximum Gasteiger partial charge on any atom is 0.673 e. The first-order valence-corrected chi connectivity index (χ1v) is 3.71. The molecule has 10 heteroatoms. The zero-order chi connectivity index (χ0) is 12.8. The summed E-state index contributed by atoms with van der Waals surface area (Å²) >= 11 is 0. The van der Waals surface area contributed by atoms with Gasteiger partial charge in [-0.1, -0.05) is 0 Å². The van der Waals surface area contributed by atoms with Gasteiger partial charge >= 0.3 is 12.9 Å². The number of hydrogen-bond acceptors (Lipinski definition) is 3. The van der Waals surface area contributed by atoms with Gasteiger partial charge in [-0.2, -0.15) is 0 Å². The van der Waals surface area contributed by atoms with E-state index in [9.17, 15) is 27.4 Å². The van der Waals surface area contributed by atoms with E-state index in [1.54, 1.807) is 0 Å². The minimum Gasteiger partial charge on any atom is -0.418 e. The molecule has 0 bridgehead atoms. The topological polar surface area (TPSA) is 71.3 Å². The van der Waals surface area contributed by atoms with Crippen molar-refractivity contribution in [2.24, 2.45) is 0 Å². The van der Waals surface area contributed by atoms with Crippen LogP contribution < -0.4 is 0 Å². The van der Waals surface area contributed by atoms with Crippen molar-refractivity contribution in [3.63, 3.8) is 0 Å². The standard InChI is InChI=1S/C6H4N3O2.BF4/c7-8-5-1-3-6(4-2-5)9(10)11;2-1(3,4)5/h1-4H;/q+1;-1. The van der Waals surface area contributed by atoms with Gasteiger partial charge in [-0.25, -0.2) is 0 Å². The van der Waals surface area contributed by atoms with Crippen molar-refractivity contribution in [1.29, 1.82) is 5.39 Å². The van der Waals surface area contributed by atoms with E-state index >= 15 is 0 Å². The van der Waals surface area contributed by atoms with Crippen molar-refractivity contribution >= 4 is 18.6 Å². The maximum absolute atomic E-state index is 10.1. The number of nitro benzene ring substituents is 1. The van der Waals surface area contributed by atoms with Gasteiger partial charge in [-0.3, -0.25) is 10.1 Å². The van der Waals surface area contributed by atoms with Gasteiger partial charge in [0.05, 0.1) is 4.92 Å². The lowest BCUT2D eigenvalue weighted by Gasteiger charge is -1.94. The molecule has 0 saturated carbocycles. The summed E-state index contributed by atoms with van der Waals surface area (Å²) in [7, 11) is -6.00. The molecule has 0 saturated heterocycles. The van der Waals surface area contributed by atoms with Crippen LogP contribution in [0.3, 0.4) is 0 Å². The van der Waals surface area contributed by atoms with E-state index in [0.717, 1.165) is 0 Å². The number of benzene rings is 1. The number of nitrogens with zero attached hydrogens (tertiary/aromatic N) is 3. The van der Waals surface area contributed by atoms with Gasteiger partial charge in [0.2, 0.25) is 5.39 Å². The summed E-state index contributed by atoms with van der Waals surface area (Å²) in [5.74, 6) is 0. The molecule has 0 radical (unpaired) electrons. The van der Waals surface area contributed by atoms with Crippen molar-refractivity contribution in [1.82, 2.24) is 0 Å². The van der Waals surface area contributed by atoms with Crippen LogP contribution in [0, 0.1) is 15.5 Å². The van der Waals surface area contributed by atoms with E-state index < -0.39 is 12.2 Å².